The van der Waals surface area contributed by atoms with Crippen molar-refractivity contribution >= 4 is 11.6 Å². The van der Waals surface area contributed by atoms with Crippen molar-refractivity contribution in [3.05, 3.63) is 54.4 Å². The third-order valence-corrected chi connectivity index (χ3v) is 2.59. The molecule has 19 heavy (non-hydrogen) atoms. The number of nitriles is 1. The zero-order chi connectivity index (χ0) is 13.5. The van der Waals surface area contributed by atoms with Gasteiger partial charge in [-0.3, -0.25) is 4.79 Å². The van der Waals surface area contributed by atoms with E-state index in [0.717, 1.165) is 5.69 Å². The van der Waals surface area contributed by atoms with Crippen molar-refractivity contribution in [1.82, 2.24) is 10.2 Å². The van der Waals surface area contributed by atoms with E-state index in [1.54, 1.807) is 11.0 Å². The van der Waals surface area contributed by atoms with Gasteiger partial charge in [0.25, 0.3) is 5.91 Å². The van der Waals surface area contributed by atoms with Gasteiger partial charge in [0.05, 0.1) is 30.4 Å². The molecule has 0 atom stereocenters. The summed E-state index contributed by atoms with van der Waals surface area (Å²) in [5.41, 5.74) is 1.22. The van der Waals surface area contributed by atoms with Crippen molar-refractivity contribution in [2.75, 3.05) is 11.4 Å². The normalized spacial score (nSPS) is 9.63. The largest absolute Gasteiger partial charge is 0.307 e. The second-order valence-electron chi connectivity index (χ2n) is 3.83. The van der Waals surface area contributed by atoms with Crippen LogP contribution in [-0.2, 0) is 0 Å². The number of aromatic nitrogens is 2. The average molecular weight is 252 g/mol. The van der Waals surface area contributed by atoms with Crippen LogP contribution < -0.4 is 4.90 Å². The van der Waals surface area contributed by atoms with Crippen LogP contribution in [0.3, 0.4) is 0 Å². The van der Waals surface area contributed by atoms with E-state index < -0.39 is 0 Å². The fourth-order valence-electron chi connectivity index (χ4n) is 1.69. The number of carbonyl (C=O) groups excluding carboxylic acids is 1. The molecule has 1 heterocycles. The number of para-hydroxylation sites is 1. The van der Waals surface area contributed by atoms with Gasteiger partial charge in [0.15, 0.2) is 0 Å². The SMILES string of the molecule is N#CCCN(C(=O)c1ccnnc1)c1ccccc1. The number of benzene rings is 1. The Morgan fingerprint density at radius 1 is 1.21 bits per heavy atom. The Balaban J connectivity index is 2.29. The number of anilines is 1. The summed E-state index contributed by atoms with van der Waals surface area (Å²) in [4.78, 5) is 14.0. The molecule has 2 aromatic rings. The third kappa shape index (κ3) is 3.13. The Morgan fingerprint density at radius 3 is 2.63 bits per heavy atom. The lowest BCUT2D eigenvalue weighted by Crippen LogP contribution is -2.31. The van der Waals surface area contributed by atoms with Crippen LogP contribution in [0.1, 0.15) is 16.8 Å². The second kappa shape index (κ2) is 6.26. The van der Waals surface area contributed by atoms with E-state index >= 15 is 0 Å². The standard InChI is InChI=1S/C14H12N4O/c15-8-4-10-18(13-5-2-1-3-6-13)14(19)12-7-9-16-17-11-12/h1-3,5-7,9,11H,4,10H2. The molecule has 0 bridgehead atoms. The van der Waals surface area contributed by atoms with Crippen LogP contribution in [0.5, 0.6) is 0 Å². The van der Waals surface area contributed by atoms with Gasteiger partial charge < -0.3 is 4.90 Å². The lowest BCUT2D eigenvalue weighted by atomic mass is 10.2. The number of rotatable bonds is 4. The van der Waals surface area contributed by atoms with Crippen molar-refractivity contribution in [3.8, 4) is 6.07 Å². The maximum absolute atomic E-state index is 12.4. The molecule has 0 radical (unpaired) electrons. The Bertz CT molecular complexity index is 577. The summed E-state index contributed by atoms with van der Waals surface area (Å²) in [6.45, 7) is 0.349. The zero-order valence-corrected chi connectivity index (χ0v) is 10.2. The van der Waals surface area contributed by atoms with E-state index in [9.17, 15) is 4.79 Å². The fourth-order valence-corrected chi connectivity index (χ4v) is 1.69. The lowest BCUT2D eigenvalue weighted by molar-refractivity contribution is 0.0987. The van der Waals surface area contributed by atoms with Crippen molar-refractivity contribution < 1.29 is 4.79 Å². The minimum Gasteiger partial charge on any atom is -0.307 e. The Labute approximate surface area is 111 Å². The molecule has 0 fully saturated rings. The number of amides is 1. The van der Waals surface area contributed by atoms with Gasteiger partial charge in [-0.2, -0.15) is 15.5 Å². The van der Waals surface area contributed by atoms with E-state index in [2.05, 4.69) is 16.3 Å². The van der Waals surface area contributed by atoms with Crippen molar-refractivity contribution in [1.29, 1.82) is 5.26 Å². The molecule has 94 valence electrons. The topological polar surface area (TPSA) is 69.9 Å². The summed E-state index contributed by atoms with van der Waals surface area (Å²) >= 11 is 0. The molecule has 1 amide bonds. The van der Waals surface area contributed by atoms with Gasteiger partial charge in [0, 0.05) is 12.2 Å². The van der Waals surface area contributed by atoms with E-state index in [1.165, 1.54) is 12.4 Å². The molecule has 1 aromatic carbocycles. The lowest BCUT2D eigenvalue weighted by Gasteiger charge is -2.21. The molecule has 0 unspecified atom stereocenters. The molecule has 5 nitrogen and oxygen atoms in total. The molecule has 0 aliphatic carbocycles. The first-order valence-corrected chi connectivity index (χ1v) is 5.83. The molecule has 5 heteroatoms. The van der Waals surface area contributed by atoms with Gasteiger partial charge in [0.1, 0.15) is 0 Å². The van der Waals surface area contributed by atoms with Gasteiger partial charge in [0.2, 0.25) is 0 Å². The molecule has 0 saturated heterocycles. The summed E-state index contributed by atoms with van der Waals surface area (Å²) in [5, 5.41) is 16.1. The van der Waals surface area contributed by atoms with Crippen LogP contribution >= 0.6 is 0 Å². The quantitative estimate of drug-likeness (QED) is 0.834. The van der Waals surface area contributed by atoms with Gasteiger partial charge in [-0.15, -0.1) is 0 Å². The summed E-state index contributed by atoms with van der Waals surface area (Å²) in [7, 11) is 0. The molecular weight excluding hydrogens is 240 g/mol. The summed E-state index contributed by atoms with van der Waals surface area (Å²) < 4.78 is 0. The van der Waals surface area contributed by atoms with Crippen molar-refractivity contribution in [3.63, 3.8) is 0 Å². The zero-order valence-electron chi connectivity index (χ0n) is 10.2. The molecule has 0 aliphatic heterocycles. The molecule has 2 rings (SSSR count). The van der Waals surface area contributed by atoms with Gasteiger partial charge in [-0.05, 0) is 18.2 Å². The first-order chi connectivity index (χ1) is 9.33. The highest BCUT2D eigenvalue weighted by molar-refractivity contribution is 6.05. The first kappa shape index (κ1) is 12.7. The maximum Gasteiger partial charge on any atom is 0.259 e. The van der Waals surface area contributed by atoms with E-state index in [4.69, 9.17) is 5.26 Å². The van der Waals surface area contributed by atoms with Crippen LogP contribution in [0.4, 0.5) is 5.69 Å². The second-order valence-corrected chi connectivity index (χ2v) is 3.83. The van der Waals surface area contributed by atoms with E-state index in [0.29, 0.717) is 12.1 Å². The van der Waals surface area contributed by atoms with Crippen LogP contribution in [0.2, 0.25) is 0 Å². The molecule has 1 aromatic heterocycles. The molecule has 0 saturated carbocycles. The van der Waals surface area contributed by atoms with Crippen LogP contribution in [0.25, 0.3) is 0 Å². The molecule has 0 spiro atoms. The maximum atomic E-state index is 12.4. The molecule has 0 N–H and O–H groups in total. The predicted octanol–water partition coefficient (Wildman–Crippen LogP) is 2.04. The first-order valence-electron chi connectivity index (χ1n) is 5.83. The summed E-state index contributed by atoms with van der Waals surface area (Å²) in [5.74, 6) is -0.184. The summed E-state index contributed by atoms with van der Waals surface area (Å²) in [6.07, 6.45) is 3.17. The smallest absolute Gasteiger partial charge is 0.259 e. The number of hydrogen-bond acceptors (Lipinski definition) is 4. The number of carbonyl (C=O) groups is 1. The Hall–Kier alpha value is -2.74. The monoisotopic (exact) mass is 252 g/mol. The highest BCUT2D eigenvalue weighted by Crippen LogP contribution is 2.16. The number of nitrogens with zero attached hydrogens (tertiary/aromatic N) is 4. The van der Waals surface area contributed by atoms with Gasteiger partial charge in [-0.1, -0.05) is 18.2 Å². The van der Waals surface area contributed by atoms with Crippen molar-refractivity contribution in [2.24, 2.45) is 0 Å². The fraction of sp³-hybridized carbons (Fsp3) is 0.143. The Morgan fingerprint density at radius 2 is 2.00 bits per heavy atom. The van der Waals surface area contributed by atoms with Crippen LogP contribution in [0.15, 0.2) is 48.8 Å². The highest BCUT2D eigenvalue weighted by Gasteiger charge is 2.17. The van der Waals surface area contributed by atoms with Crippen molar-refractivity contribution in [2.45, 2.75) is 6.42 Å². The highest BCUT2D eigenvalue weighted by atomic mass is 16.2. The van der Waals surface area contributed by atoms with E-state index in [-0.39, 0.29) is 12.3 Å². The van der Waals surface area contributed by atoms with Gasteiger partial charge >= 0.3 is 0 Å². The molecular formula is C14H12N4O. The van der Waals surface area contributed by atoms with Gasteiger partial charge in [-0.25, -0.2) is 0 Å². The predicted molar refractivity (Wildman–Crippen MR) is 70.4 cm³/mol. The summed E-state index contributed by atoms with van der Waals surface area (Å²) in [6, 6.07) is 12.9. The average Bonchev–Trinajstić information content (AvgIpc) is 2.49. The van der Waals surface area contributed by atoms with Crippen LogP contribution in [0, 0.1) is 11.3 Å². The third-order valence-electron chi connectivity index (χ3n) is 2.59. The van der Waals surface area contributed by atoms with E-state index in [1.807, 2.05) is 30.3 Å². The molecule has 0 aliphatic rings. The minimum absolute atomic E-state index is 0.184. The minimum atomic E-state index is -0.184. The van der Waals surface area contributed by atoms with Crippen LogP contribution in [-0.4, -0.2) is 22.6 Å². The Kier molecular flexibility index (Phi) is 4.19. The number of hydrogen-bond donors (Lipinski definition) is 0.